The van der Waals surface area contributed by atoms with Gasteiger partial charge in [-0.3, -0.25) is 24.6 Å². The molecular formula is C23H22N6O3. The largest absolute Gasteiger partial charge is 0.313 e. The molecule has 0 radical (unpaired) electrons. The van der Waals surface area contributed by atoms with Crippen LogP contribution >= 0.6 is 0 Å². The topological polar surface area (TPSA) is 111 Å². The van der Waals surface area contributed by atoms with E-state index in [1.165, 1.54) is 6.33 Å². The molecule has 9 nitrogen and oxygen atoms in total. The quantitative estimate of drug-likeness (QED) is 0.560. The lowest BCUT2D eigenvalue weighted by molar-refractivity contribution is -0.116. The molecule has 0 saturated carbocycles. The molecule has 0 saturated heterocycles. The van der Waals surface area contributed by atoms with Gasteiger partial charge >= 0.3 is 0 Å². The van der Waals surface area contributed by atoms with E-state index >= 15 is 0 Å². The summed E-state index contributed by atoms with van der Waals surface area (Å²) >= 11 is 0. The Morgan fingerprint density at radius 2 is 1.75 bits per heavy atom. The summed E-state index contributed by atoms with van der Waals surface area (Å²) in [7, 11) is 0. The van der Waals surface area contributed by atoms with Crippen LogP contribution in [-0.2, 0) is 4.79 Å². The molecule has 2 aliphatic rings. The highest BCUT2D eigenvalue weighted by molar-refractivity contribution is 6.16. The maximum atomic E-state index is 13.3. The normalized spacial score (nSPS) is 16.6. The van der Waals surface area contributed by atoms with Crippen molar-refractivity contribution in [3.8, 4) is 0 Å². The highest BCUT2D eigenvalue weighted by Gasteiger charge is 2.47. The van der Waals surface area contributed by atoms with Gasteiger partial charge in [-0.05, 0) is 31.0 Å². The van der Waals surface area contributed by atoms with Crippen molar-refractivity contribution < 1.29 is 14.4 Å². The SMILES string of the molecule is O=C(CCCCCN1C(=O)c2ccccc2N2C(=O)c3ccccc3[C@@H]12)Nc1ncn[nH]1. The van der Waals surface area contributed by atoms with Gasteiger partial charge in [0.25, 0.3) is 11.8 Å². The Morgan fingerprint density at radius 1 is 0.969 bits per heavy atom. The average Bonchev–Trinajstić information content (AvgIpc) is 3.42. The van der Waals surface area contributed by atoms with Crippen LogP contribution in [0.2, 0.25) is 0 Å². The van der Waals surface area contributed by atoms with Crippen molar-refractivity contribution in [3.05, 3.63) is 71.5 Å². The van der Waals surface area contributed by atoms with E-state index in [0.717, 1.165) is 18.4 Å². The predicted molar refractivity (Wildman–Crippen MR) is 117 cm³/mol. The molecule has 0 aliphatic carbocycles. The van der Waals surface area contributed by atoms with Crippen molar-refractivity contribution in [3.63, 3.8) is 0 Å². The number of aromatic nitrogens is 3. The number of H-pyrrole nitrogens is 1. The second kappa shape index (κ2) is 8.26. The Kier molecular flexibility index (Phi) is 5.14. The highest BCUT2D eigenvalue weighted by atomic mass is 16.2. The van der Waals surface area contributed by atoms with Gasteiger partial charge in [0.05, 0.1) is 11.3 Å². The summed E-state index contributed by atoms with van der Waals surface area (Å²) in [6.07, 6.45) is 3.44. The number of hydrogen-bond acceptors (Lipinski definition) is 5. The van der Waals surface area contributed by atoms with Crippen LogP contribution in [0.1, 0.15) is 58.1 Å². The Bertz CT molecular complexity index is 1180. The molecule has 32 heavy (non-hydrogen) atoms. The predicted octanol–water partition coefficient (Wildman–Crippen LogP) is 3.12. The molecule has 3 aromatic rings. The molecule has 2 aliphatic heterocycles. The van der Waals surface area contributed by atoms with Gasteiger partial charge in [-0.25, -0.2) is 5.10 Å². The Labute approximate surface area is 184 Å². The van der Waals surface area contributed by atoms with Crippen molar-refractivity contribution in [1.82, 2.24) is 20.1 Å². The lowest BCUT2D eigenvalue weighted by atomic mass is 10.0. The standard InChI is InChI=1S/C23H22N6O3/c30-19(26-23-24-14-25-27-23)12-2-1-7-13-28-20-15-8-3-4-9-16(15)22(32)29(20)18-11-6-5-10-17(18)21(28)31/h3-6,8-11,14,20H,1-2,7,12-13H2,(H2,24,25,26,27,30)/t20-/m0/s1. The monoisotopic (exact) mass is 430 g/mol. The van der Waals surface area contributed by atoms with Crippen molar-refractivity contribution in [2.24, 2.45) is 0 Å². The number of anilines is 2. The van der Waals surface area contributed by atoms with Crippen LogP contribution in [0.4, 0.5) is 11.6 Å². The third kappa shape index (κ3) is 3.41. The first kappa shape index (κ1) is 19.9. The average molecular weight is 430 g/mol. The van der Waals surface area contributed by atoms with E-state index in [-0.39, 0.29) is 17.7 Å². The fourth-order valence-electron chi connectivity index (χ4n) is 4.40. The smallest absolute Gasteiger partial charge is 0.260 e. The summed E-state index contributed by atoms with van der Waals surface area (Å²) in [5.41, 5.74) is 2.68. The number of aromatic amines is 1. The summed E-state index contributed by atoms with van der Waals surface area (Å²) < 4.78 is 0. The lowest BCUT2D eigenvalue weighted by Crippen LogP contribution is -2.48. The summed E-state index contributed by atoms with van der Waals surface area (Å²) in [4.78, 5) is 45.8. The molecule has 3 heterocycles. The number of para-hydroxylation sites is 1. The fraction of sp³-hybridized carbons (Fsp3) is 0.261. The number of benzene rings is 2. The minimum absolute atomic E-state index is 0.0746. The molecule has 2 N–H and O–H groups in total. The fourth-order valence-corrected chi connectivity index (χ4v) is 4.40. The van der Waals surface area contributed by atoms with Gasteiger partial charge in [-0.15, -0.1) is 0 Å². The number of nitrogens with one attached hydrogen (secondary N) is 2. The van der Waals surface area contributed by atoms with Gasteiger partial charge in [0.15, 0.2) is 0 Å². The number of nitrogens with zero attached hydrogens (tertiary/aromatic N) is 4. The van der Waals surface area contributed by atoms with E-state index in [0.29, 0.717) is 42.1 Å². The van der Waals surface area contributed by atoms with Gasteiger partial charge in [0.1, 0.15) is 12.5 Å². The zero-order chi connectivity index (χ0) is 22.1. The molecule has 3 amide bonds. The molecule has 162 valence electrons. The van der Waals surface area contributed by atoms with Crippen molar-refractivity contribution in [2.45, 2.75) is 31.8 Å². The van der Waals surface area contributed by atoms with Crippen LogP contribution in [0.5, 0.6) is 0 Å². The number of carbonyl (C=O) groups excluding carboxylic acids is 3. The Balaban J connectivity index is 1.28. The number of carbonyl (C=O) groups is 3. The minimum atomic E-state index is -0.434. The van der Waals surface area contributed by atoms with Gasteiger partial charge in [-0.1, -0.05) is 36.8 Å². The summed E-state index contributed by atoms with van der Waals surface area (Å²) in [5.74, 6) is 0.0394. The number of unbranched alkanes of at least 4 members (excludes halogenated alkanes) is 2. The van der Waals surface area contributed by atoms with Crippen molar-refractivity contribution in [2.75, 3.05) is 16.8 Å². The lowest BCUT2D eigenvalue weighted by Gasteiger charge is -2.41. The summed E-state index contributed by atoms with van der Waals surface area (Å²) in [6.45, 7) is 0.500. The zero-order valence-electron chi connectivity index (χ0n) is 17.3. The first-order valence-corrected chi connectivity index (χ1v) is 10.6. The maximum Gasteiger partial charge on any atom is 0.260 e. The first-order valence-electron chi connectivity index (χ1n) is 10.6. The van der Waals surface area contributed by atoms with Crippen molar-refractivity contribution >= 4 is 29.4 Å². The number of amides is 3. The first-order chi connectivity index (χ1) is 15.6. The molecule has 1 aromatic heterocycles. The van der Waals surface area contributed by atoms with Crippen LogP contribution in [0.3, 0.4) is 0 Å². The second-order valence-corrected chi connectivity index (χ2v) is 7.84. The van der Waals surface area contributed by atoms with Crippen LogP contribution in [0.25, 0.3) is 0 Å². The molecule has 0 bridgehead atoms. The van der Waals surface area contributed by atoms with Gasteiger partial charge in [-0.2, -0.15) is 10.1 Å². The zero-order valence-corrected chi connectivity index (χ0v) is 17.3. The minimum Gasteiger partial charge on any atom is -0.313 e. The van der Waals surface area contributed by atoms with Crippen LogP contribution in [0.15, 0.2) is 54.9 Å². The molecule has 0 spiro atoms. The summed E-state index contributed by atoms with van der Waals surface area (Å²) in [5, 5.41) is 8.93. The van der Waals surface area contributed by atoms with E-state index in [4.69, 9.17) is 0 Å². The number of rotatable bonds is 7. The maximum absolute atomic E-state index is 13.3. The van der Waals surface area contributed by atoms with Crippen LogP contribution in [0, 0.1) is 0 Å². The van der Waals surface area contributed by atoms with E-state index in [2.05, 4.69) is 20.5 Å². The van der Waals surface area contributed by atoms with Gasteiger partial charge in [0.2, 0.25) is 11.9 Å². The molecule has 9 heteroatoms. The van der Waals surface area contributed by atoms with E-state index < -0.39 is 6.17 Å². The third-order valence-corrected chi connectivity index (χ3v) is 5.86. The van der Waals surface area contributed by atoms with Gasteiger partial charge < -0.3 is 4.90 Å². The molecule has 0 fully saturated rings. The van der Waals surface area contributed by atoms with E-state index in [1.807, 2.05) is 42.5 Å². The van der Waals surface area contributed by atoms with E-state index in [9.17, 15) is 14.4 Å². The molecule has 1 atom stereocenters. The molecular weight excluding hydrogens is 408 g/mol. The Morgan fingerprint density at radius 3 is 2.56 bits per heavy atom. The van der Waals surface area contributed by atoms with Crippen LogP contribution < -0.4 is 10.2 Å². The van der Waals surface area contributed by atoms with Gasteiger partial charge in [0, 0.05) is 24.1 Å². The summed E-state index contributed by atoms with van der Waals surface area (Å²) in [6, 6.07) is 14.7. The molecule has 5 rings (SSSR count). The van der Waals surface area contributed by atoms with E-state index in [1.54, 1.807) is 15.9 Å². The Hall–Kier alpha value is -4.01. The molecule has 2 aromatic carbocycles. The number of fused-ring (bicyclic) bond motifs is 5. The highest BCUT2D eigenvalue weighted by Crippen LogP contribution is 2.45. The second-order valence-electron chi connectivity index (χ2n) is 7.84. The van der Waals surface area contributed by atoms with Crippen molar-refractivity contribution in [1.29, 1.82) is 0 Å². The third-order valence-electron chi connectivity index (χ3n) is 5.86. The van der Waals surface area contributed by atoms with Crippen LogP contribution in [-0.4, -0.2) is 44.3 Å². The number of hydrogen-bond donors (Lipinski definition) is 2. The molecule has 0 unspecified atom stereocenters.